The zero-order chi connectivity index (χ0) is 24.8. The van der Waals surface area contributed by atoms with E-state index in [-0.39, 0.29) is 17.6 Å². The third-order valence-electron chi connectivity index (χ3n) is 5.91. The van der Waals surface area contributed by atoms with Gasteiger partial charge in [0.05, 0.1) is 11.6 Å². The Balaban J connectivity index is 2.16. The first-order valence-corrected chi connectivity index (χ1v) is 11.5. The molecule has 3 aromatic rings. The molecule has 0 radical (unpaired) electrons. The highest BCUT2D eigenvalue weighted by molar-refractivity contribution is 6.35. The van der Waals surface area contributed by atoms with Crippen molar-refractivity contribution in [2.24, 2.45) is 0 Å². The first kappa shape index (κ1) is 24.9. The second kappa shape index (κ2) is 10.9. The van der Waals surface area contributed by atoms with Crippen LogP contribution in [0.3, 0.4) is 0 Å². The number of nitrogens with zero attached hydrogens (tertiary/aromatic N) is 1. The summed E-state index contributed by atoms with van der Waals surface area (Å²) < 4.78 is 0. The SMILES string of the molecule is Cc1ccc(NC(C(C(=O)C=O)=C(O)c2ccc(C(C)C)cc2)c2ccc(C(C)C)cc2)nc1. The Morgan fingerprint density at radius 3 is 1.85 bits per heavy atom. The Morgan fingerprint density at radius 2 is 1.38 bits per heavy atom. The van der Waals surface area contributed by atoms with E-state index in [1.54, 1.807) is 18.3 Å². The fraction of sp³-hybridized carbons (Fsp3) is 0.276. The Labute approximate surface area is 201 Å². The smallest absolute Gasteiger partial charge is 0.227 e. The molecule has 0 saturated carbocycles. The number of aldehydes is 1. The second-order valence-corrected chi connectivity index (χ2v) is 9.14. The van der Waals surface area contributed by atoms with Crippen LogP contribution in [-0.2, 0) is 9.59 Å². The topological polar surface area (TPSA) is 79.3 Å². The van der Waals surface area contributed by atoms with Crippen LogP contribution in [-0.4, -0.2) is 22.2 Å². The Hall–Kier alpha value is -3.73. The van der Waals surface area contributed by atoms with Crippen molar-refractivity contribution < 1.29 is 14.7 Å². The number of ketones is 1. The maximum absolute atomic E-state index is 12.9. The van der Waals surface area contributed by atoms with Crippen LogP contribution >= 0.6 is 0 Å². The van der Waals surface area contributed by atoms with Crippen LogP contribution in [0.15, 0.2) is 72.4 Å². The number of carbonyl (C=O) groups is 2. The largest absolute Gasteiger partial charge is 0.507 e. The molecule has 1 aromatic heterocycles. The van der Waals surface area contributed by atoms with Crippen LogP contribution in [0.25, 0.3) is 5.76 Å². The molecule has 2 aromatic carbocycles. The Kier molecular flexibility index (Phi) is 8.00. The lowest BCUT2D eigenvalue weighted by Crippen LogP contribution is -2.22. The van der Waals surface area contributed by atoms with Crippen LogP contribution in [0.5, 0.6) is 0 Å². The van der Waals surface area contributed by atoms with Crippen LogP contribution < -0.4 is 5.32 Å². The van der Waals surface area contributed by atoms with Gasteiger partial charge in [0, 0.05) is 11.8 Å². The van der Waals surface area contributed by atoms with E-state index in [9.17, 15) is 14.7 Å². The van der Waals surface area contributed by atoms with Crippen LogP contribution in [0, 0.1) is 6.92 Å². The zero-order valence-corrected chi connectivity index (χ0v) is 20.4. The highest BCUT2D eigenvalue weighted by atomic mass is 16.3. The molecule has 0 aliphatic heterocycles. The van der Waals surface area contributed by atoms with Gasteiger partial charge in [-0.1, -0.05) is 82.3 Å². The van der Waals surface area contributed by atoms with E-state index in [0.717, 1.165) is 22.3 Å². The highest BCUT2D eigenvalue weighted by Gasteiger charge is 2.28. The molecule has 0 aliphatic carbocycles. The van der Waals surface area contributed by atoms with Crippen molar-refractivity contribution in [3.8, 4) is 0 Å². The molecule has 176 valence electrons. The number of aliphatic hydroxyl groups excluding tert-OH is 1. The molecule has 1 unspecified atom stereocenters. The number of rotatable bonds is 9. The zero-order valence-electron chi connectivity index (χ0n) is 20.4. The number of nitrogens with one attached hydrogen (secondary N) is 1. The first-order valence-electron chi connectivity index (χ1n) is 11.5. The van der Waals surface area contributed by atoms with Gasteiger partial charge in [-0.3, -0.25) is 9.59 Å². The minimum atomic E-state index is -0.789. The van der Waals surface area contributed by atoms with Crippen LogP contribution in [0.4, 0.5) is 5.82 Å². The molecule has 0 fully saturated rings. The molecule has 0 aliphatic rings. The quantitative estimate of drug-likeness (QED) is 0.166. The summed E-state index contributed by atoms with van der Waals surface area (Å²) in [5, 5.41) is 14.5. The molecule has 0 amide bonds. The van der Waals surface area contributed by atoms with Crippen molar-refractivity contribution in [3.05, 3.63) is 100 Å². The van der Waals surface area contributed by atoms with Gasteiger partial charge in [-0.15, -0.1) is 0 Å². The number of pyridine rings is 1. The molecular weight excluding hydrogens is 424 g/mol. The van der Waals surface area contributed by atoms with E-state index in [4.69, 9.17) is 0 Å². The predicted molar refractivity (Wildman–Crippen MR) is 137 cm³/mol. The summed E-state index contributed by atoms with van der Waals surface area (Å²) in [5.41, 5.74) is 4.45. The van der Waals surface area contributed by atoms with Gasteiger partial charge in [0.25, 0.3) is 0 Å². The number of aromatic nitrogens is 1. The molecular formula is C29H32N2O3. The third kappa shape index (κ3) is 5.79. The minimum Gasteiger partial charge on any atom is -0.507 e. The fourth-order valence-electron chi connectivity index (χ4n) is 3.74. The average Bonchev–Trinajstić information content (AvgIpc) is 2.84. The number of benzene rings is 2. The van der Waals surface area contributed by atoms with Gasteiger partial charge in [0.15, 0.2) is 6.29 Å². The summed E-state index contributed by atoms with van der Waals surface area (Å²) in [6.07, 6.45) is 1.96. The van der Waals surface area contributed by atoms with Crippen molar-refractivity contribution in [1.82, 2.24) is 4.98 Å². The summed E-state index contributed by atoms with van der Waals surface area (Å²) in [6, 6.07) is 18.1. The van der Waals surface area contributed by atoms with Crippen molar-refractivity contribution in [2.45, 2.75) is 52.5 Å². The minimum absolute atomic E-state index is 0.0213. The standard InChI is InChI=1S/C29H32N2O3/c1-18(2)21-7-11-23(12-8-21)28(31-26-15-6-20(5)16-30-26)27(25(33)17-32)29(34)24-13-9-22(10-14-24)19(3)4/h6-19,28,34H,1-5H3,(H,30,31). The number of Topliss-reactive ketones (excluding diaryl/α,β-unsaturated/α-hetero) is 1. The molecule has 1 atom stereocenters. The maximum Gasteiger partial charge on any atom is 0.227 e. The predicted octanol–water partition coefficient (Wildman–Crippen LogP) is 6.53. The number of hydrogen-bond acceptors (Lipinski definition) is 5. The number of carbonyl (C=O) groups excluding carboxylic acids is 2. The Morgan fingerprint density at radius 1 is 0.853 bits per heavy atom. The molecule has 0 spiro atoms. The molecule has 5 nitrogen and oxygen atoms in total. The summed E-state index contributed by atoms with van der Waals surface area (Å²) in [7, 11) is 0. The van der Waals surface area contributed by atoms with Crippen molar-refractivity contribution in [2.75, 3.05) is 5.32 Å². The van der Waals surface area contributed by atoms with Gasteiger partial charge in [0.2, 0.25) is 5.78 Å². The van der Waals surface area contributed by atoms with Crippen molar-refractivity contribution in [3.63, 3.8) is 0 Å². The summed E-state index contributed by atoms with van der Waals surface area (Å²) in [5.74, 6) is 0.187. The molecule has 0 bridgehead atoms. The molecule has 0 saturated heterocycles. The van der Waals surface area contributed by atoms with Gasteiger partial charge in [-0.05, 0) is 47.1 Å². The van der Waals surface area contributed by atoms with Gasteiger partial charge < -0.3 is 10.4 Å². The van der Waals surface area contributed by atoms with Crippen molar-refractivity contribution >= 4 is 23.6 Å². The molecule has 1 heterocycles. The van der Waals surface area contributed by atoms with E-state index in [1.165, 1.54) is 0 Å². The lowest BCUT2D eigenvalue weighted by atomic mass is 9.90. The van der Waals surface area contributed by atoms with Gasteiger partial charge in [-0.2, -0.15) is 0 Å². The van der Waals surface area contributed by atoms with E-state index in [0.29, 0.717) is 23.2 Å². The van der Waals surface area contributed by atoms with Gasteiger partial charge >= 0.3 is 0 Å². The van der Waals surface area contributed by atoms with Gasteiger partial charge in [0.1, 0.15) is 11.6 Å². The van der Waals surface area contributed by atoms with E-state index < -0.39 is 11.8 Å². The van der Waals surface area contributed by atoms with Crippen LogP contribution in [0.1, 0.15) is 73.4 Å². The molecule has 3 rings (SSSR count). The van der Waals surface area contributed by atoms with E-state index >= 15 is 0 Å². The fourth-order valence-corrected chi connectivity index (χ4v) is 3.74. The third-order valence-corrected chi connectivity index (χ3v) is 5.91. The van der Waals surface area contributed by atoms with E-state index in [2.05, 4.69) is 38.0 Å². The van der Waals surface area contributed by atoms with Crippen molar-refractivity contribution in [1.29, 1.82) is 0 Å². The average molecular weight is 457 g/mol. The maximum atomic E-state index is 12.9. The normalized spacial score (nSPS) is 12.9. The molecule has 5 heteroatoms. The Bertz CT molecular complexity index is 1160. The summed E-state index contributed by atoms with van der Waals surface area (Å²) in [4.78, 5) is 29.0. The molecule has 2 N–H and O–H groups in total. The van der Waals surface area contributed by atoms with Gasteiger partial charge in [-0.25, -0.2) is 4.98 Å². The molecule has 34 heavy (non-hydrogen) atoms. The number of aryl methyl sites for hydroxylation is 1. The number of hydrogen-bond donors (Lipinski definition) is 2. The number of anilines is 1. The summed E-state index contributed by atoms with van der Waals surface area (Å²) >= 11 is 0. The number of aliphatic hydroxyl groups is 1. The monoisotopic (exact) mass is 456 g/mol. The first-order chi connectivity index (χ1) is 16.2. The van der Waals surface area contributed by atoms with E-state index in [1.807, 2.05) is 55.5 Å². The lowest BCUT2D eigenvalue weighted by molar-refractivity contribution is -0.127. The lowest BCUT2D eigenvalue weighted by Gasteiger charge is -2.23. The van der Waals surface area contributed by atoms with Crippen LogP contribution in [0.2, 0.25) is 0 Å². The summed E-state index contributed by atoms with van der Waals surface area (Å²) in [6.45, 7) is 10.3. The second-order valence-electron chi connectivity index (χ2n) is 9.14. The highest BCUT2D eigenvalue weighted by Crippen LogP contribution is 2.32.